The van der Waals surface area contributed by atoms with E-state index in [0.717, 1.165) is 43.2 Å². The molecule has 1 N–H and O–H groups in total. The zero-order valence-corrected chi connectivity index (χ0v) is 25.4. The molecule has 1 amide bonds. The number of rotatable bonds is 11. The number of ether oxygens (including phenoxy) is 1. The van der Waals surface area contributed by atoms with Crippen molar-refractivity contribution in [3.8, 4) is 0 Å². The Balaban J connectivity index is 1.29. The Morgan fingerprint density at radius 3 is 2.67 bits per heavy atom. The number of carbonyl (C=O) groups excluding carboxylic acids is 2. The standard InChI is InChI=1S/C33H41ClN4O4/c1-3-23(30(39)21-10-13-33(14-11-21)19-26(33)38-16-4-5-17-38)28-29-24(7-6-18-41-2)35-15-12-25(29)42-31(28)32(40)37-27-9-8-22(34)20-36-27/h8-9,12,15,20-21,23,26H,3-7,10-11,13-14,16-19H2,1-2H3,(H,36,37,40)/t21?,23?,26-,33?/m1/s1. The van der Waals surface area contributed by atoms with Gasteiger partial charge in [0.1, 0.15) is 17.2 Å². The summed E-state index contributed by atoms with van der Waals surface area (Å²) < 4.78 is 11.5. The average molecular weight is 593 g/mol. The van der Waals surface area contributed by atoms with Crippen LogP contribution < -0.4 is 5.32 Å². The van der Waals surface area contributed by atoms with E-state index in [4.69, 9.17) is 20.8 Å². The van der Waals surface area contributed by atoms with Gasteiger partial charge in [-0.3, -0.25) is 19.5 Å². The highest BCUT2D eigenvalue weighted by Crippen LogP contribution is 2.60. The fourth-order valence-corrected chi connectivity index (χ4v) is 7.69. The summed E-state index contributed by atoms with van der Waals surface area (Å²) in [5.41, 5.74) is 2.47. The number of likely N-dealkylation sites (tertiary alicyclic amines) is 1. The number of amides is 1. The van der Waals surface area contributed by atoms with Gasteiger partial charge in [-0.05, 0) is 101 Å². The molecular formula is C33H41ClN4O4. The molecule has 1 saturated heterocycles. The van der Waals surface area contributed by atoms with Crippen molar-refractivity contribution in [2.24, 2.45) is 11.3 Å². The highest BCUT2D eigenvalue weighted by atomic mass is 35.5. The normalized spacial score (nSPS) is 24.7. The monoisotopic (exact) mass is 592 g/mol. The molecule has 42 heavy (non-hydrogen) atoms. The Hall–Kier alpha value is -2.81. The molecule has 0 bridgehead atoms. The second kappa shape index (κ2) is 12.4. The van der Waals surface area contributed by atoms with Gasteiger partial charge in [0, 0.05) is 54.9 Å². The van der Waals surface area contributed by atoms with Gasteiger partial charge >= 0.3 is 0 Å². The number of furan rings is 1. The van der Waals surface area contributed by atoms with Crippen LogP contribution in [-0.4, -0.2) is 59.4 Å². The molecule has 3 aromatic rings. The molecule has 1 aliphatic heterocycles. The highest BCUT2D eigenvalue weighted by Gasteiger charge is 2.58. The van der Waals surface area contributed by atoms with Crippen LogP contribution in [0.25, 0.3) is 11.0 Å². The molecule has 0 aromatic carbocycles. The second-order valence-electron chi connectivity index (χ2n) is 12.4. The second-order valence-corrected chi connectivity index (χ2v) is 12.8. The van der Waals surface area contributed by atoms with Crippen molar-refractivity contribution in [2.45, 2.75) is 83.1 Å². The Labute approximate surface area is 252 Å². The van der Waals surface area contributed by atoms with Crippen molar-refractivity contribution in [3.63, 3.8) is 0 Å². The van der Waals surface area contributed by atoms with E-state index in [1.807, 2.05) is 6.92 Å². The maximum Gasteiger partial charge on any atom is 0.292 e. The van der Waals surface area contributed by atoms with Crippen LogP contribution in [0.4, 0.5) is 5.82 Å². The van der Waals surface area contributed by atoms with E-state index in [-0.39, 0.29) is 17.5 Å². The number of fused-ring (bicyclic) bond motifs is 1. The van der Waals surface area contributed by atoms with Crippen LogP contribution in [0.15, 0.2) is 35.0 Å². The molecule has 0 radical (unpaired) electrons. The Morgan fingerprint density at radius 1 is 1.19 bits per heavy atom. The molecule has 3 fully saturated rings. The lowest BCUT2D eigenvalue weighted by atomic mass is 9.73. The van der Waals surface area contributed by atoms with Crippen LogP contribution in [0.3, 0.4) is 0 Å². The molecule has 1 spiro atoms. The fourth-order valence-electron chi connectivity index (χ4n) is 7.58. The Morgan fingerprint density at radius 2 is 1.98 bits per heavy atom. The number of halogens is 1. The molecule has 3 aliphatic rings. The summed E-state index contributed by atoms with van der Waals surface area (Å²) in [6.45, 7) is 5.09. The number of nitrogens with one attached hydrogen (secondary N) is 1. The number of methoxy groups -OCH3 is 1. The number of carbonyl (C=O) groups is 2. The van der Waals surface area contributed by atoms with E-state index >= 15 is 0 Å². The topological polar surface area (TPSA) is 97.6 Å². The molecular weight excluding hydrogens is 552 g/mol. The molecule has 1 unspecified atom stereocenters. The summed E-state index contributed by atoms with van der Waals surface area (Å²) in [6, 6.07) is 5.81. The largest absolute Gasteiger partial charge is 0.450 e. The Kier molecular flexibility index (Phi) is 8.66. The van der Waals surface area contributed by atoms with Crippen molar-refractivity contribution in [1.29, 1.82) is 0 Å². The number of hydrogen-bond acceptors (Lipinski definition) is 7. The summed E-state index contributed by atoms with van der Waals surface area (Å²) in [5.74, 6) is -0.149. The first kappa shape index (κ1) is 29.3. The van der Waals surface area contributed by atoms with Gasteiger partial charge in [0.05, 0.1) is 10.7 Å². The van der Waals surface area contributed by atoms with E-state index in [1.165, 1.54) is 38.5 Å². The summed E-state index contributed by atoms with van der Waals surface area (Å²) in [5, 5.41) is 4.11. The van der Waals surface area contributed by atoms with E-state index in [1.54, 1.807) is 31.5 Å². The SMILES string of the molecule is CCC(C(=O)C1CCC2(CC1)C[C@H]2N1CCCC1)c1c(C(=O)Nc2ccc(Cl)cn2)oc2ccnc(CCCOC)c12. The van der Waals surface area contributed by atoms with Crippen molar-refractivity contribution in [2.75, 3.05) is 32.1 Å². The van der Waals surface area contributed by atoms with Crippen LogP contribution >= 0.6 is 11.6 Å². The van der Waals surface area contributed by atoms with Gasteiger partial charge in [-0.15, -0.1) is 0 Å². The van der Waals surface area contributed by atoms with Crippen LogP contribution in [0.1, 0.15) is 92.4 Å². The van der Waals surface area contributed by atoms with Crippen LogP contribution in [0.2, 0.25) is 5.02 Å². The van der Waals surface area contributed by atoms with Gasteiger partial charge in [-0.25, -0.2) is 4.98 Å². The lowest BCUT2D eigenvalue weighted by Gasteiger charge is -2.32. The smallest absolute Gasteiger partial charge is 0.292 e. The molecule has 4 heterocycles. The summed E-state index contributed by atoms with van der Waals surface area (Å²) in [4.78, 5) is 39.6. The first-order valence-electron chi connectivity index (χ1n) is 15.5. The molecule has 2 atom stereocenters. The molecule has 2 aliphatic carbocycles. The minimum atomic E-state index is -0.455. The number of pyridine rings is 2. The first-order valence-corrected chi connectivity index (χ1v) is 15.9. The summed E-state index contributed by atoms with van der Waals surface area (Å²) >= 11 is 6.00. The van der Waals surface area contributed by atoms with Gasteiger partial charge in [0.25, 0.3) is 5.91 Å². The van der Waals surface area contributed by atoms with Gasteiger partial charge in [0.15, 0.2) is 5.76 Å². The quantitative estimate of drug-likeness (QED) is 0.244. The minimum absolute atomic E-state index is 0.00666. The van der Waals surface area contributed by atoms with E-state index < -0.39 is 11.8 Å². The maximum absolute atomic E-state index is 14.3. The van der Waals surface area contributed by atoms with E-state index in [0.29, 0.717) is 52.9 Å². The highest BCUT2D eigenvalue weighted by molar-refractivity contribution is 6.30. The van der Waals surface area contributed by atoms with Crippen molar-refractivity contribution in [3.05, 3.63) is 52.6 Å². The third-order valence-electron chi connectivity index (χ3n) is 9.87. The summed E-state index contributed by atoms with van der Waals surface area (Å²) in [7, 11) is 1.68. The summed E-state index contributed by atoms with van der Waals surface area (Å²) in [6.07, 6.45) is 13.2. The maximum atomic E-state index is 14.3. The van der Waals surface area contributed by atoms with E-state index in [2.05, 4.69) is 20.2 Å². The number of ketones is 1. The number of hydrogen-bond donors (Lipinski definition) is 1. The van der Waals surface area contributed by atoms with Gasteiger partial charge in [-0.1, -0.05) is 18.5 Å². The predicted octanol–water partition coefficient (Wildman–Crippen LogP) is 6.81. The molecule has 8 nitrogen and oxygen atoms in total. The predicted molar refractivity (Wildman–Crippen MR) is 163 cm³/mol. The Bertz CT molecular complexity index is 1420. The van der Waals surface area contributed by atoms with Crippen molar-refractivity contribution < 1.29 is 18.7 Å². The lowest BCUT2D eigenvalue weighted by Crippen LogP contribution is -2.32. The molecule has 6 rings (SSSR count). The number of Topliss-reactive ketones (excluding diaryl/α,β-unsaturated/α-hetero) is 1. The third kappa shape index (κ3) is 5.73. The van der Waals surface area contributed by atoms with Crippen LogP contribution in [0, 0.1) is 11.3 Å². The van der Waals surface area contributed by atoms with Crippen LogP contribution in [-0.2, 0) is 16.0 Å². The third-order valence-corrected chi connectivity index (χ3v) is 10.1. The van der Waals surface area contributed by atoms with Gasteiger partial charge in [-0.2, -0.15) is 0 Å². The lowest BCUT2D eigenvalue weighted by molar-refractivity contribution is -0.125. The minimum Gasteiger partial charge on any atom is -0.450 e. The van der Waals surface area contributed by atoms with Crippen molar-refractivity contribution >= 4 is 40.1 Å². The number of anilines is 1. The van der Waals surface area contributed by atoms with Gasteiger partial charge < -0.3 is 14.5 Å². The van der Waals surface area contributed by atoms with E-state index in [9.17, 15) is 9.59 Å². The first-order chi connectivity index (χ1) is 20.4. The molecule has 9 heteroatoms. The van der Waals surface area contributed by atoms with Gasteiger partial charge in [0.2, 0.25) is 0 Å². The number of aryl methyl sites for hydroxylation is 1. The zero-order chi connectivity index (χ0) is 29.3. The molecule has 224 valence electrons. The molecule has 2 saturated carbocycles. The number of aromatic nitrogens is 2. The zero-order valence-electron chi connectivity index (χ0n) is 24.7. The van der Waals surface area contributed by atoms with Crippen molar-refractivity contribution in [1.82, 2.24) is 14.9 Å². The number of nitrogens with zero attached hydrogens (tertiary/aromatic N) is 3. The van der Waals surface area contributed by atoms with Crippen LogP contribution in [0.5, 0.6) is 0 Å². The average Bonchev–Trinajstić information content (AvgIpc) is 3.32. The fraction of sp³-hybridized carbons (Fsp3) is 0.576. The molecule has 3 aromatic heterocycles.